The summed E-state index contributed by atoms with van der Waals surface area (Å²) in [6, 6.07) is 13.7. The van der Waals surface area contributed by atoms with Crippen LogP contribution in [0.1, 0.15) is 75.7 Å². The molecule has 0 unspecified atom stereocenters. The number of thiophene rings is 1. The van der Waals surface area contributed by atoms with Gasteiger partial charge in [-0.1, -0.05) is 18.2 Å². The topological polar surface area (TPSA) is 106 Å². The molecule has 2 atom stereocenters. The molecular formula is C38H32F2N6O3S. The van der Waals surface area contributed by atoms with E-state index >= 15 is 0 Å². The quantitative estimate of drug-likeness (QED) is 0.171. The van der Waals surface area contributed by atoms with Crippen LogP contribution in [0.3, 0.4) is 0 Å². The number of hydrogen-bond donors (Lipinski definition) is 1. The van der Waals surface area contributed by atoms with Gasteiger partial charge in [-0.3, -0.25) is 9.78 Å². The number of benzene rings is 2. The minimum absolute atomic E-state index is 0.0446. The fourth-order valence-electron chi connectivity index (χ4n) is 7.93. The highest BCUT2D eigenvalue weighted by molar-refractivity contribution is 7.23. The summed E-state index contributed by atoms with van der Waals surface area (Å²) >= 11 is 1.54. The van der Waals surface area contributed by atoms with Gasteiger partial charge in [0.15, 0.2) is 11.6 Å². The minimum Gasteiger partial charge on any atom is -0.493 e. The van der Waals surface area contributed by atoms with Gasteiger partial charge in [-0.05, 0) is 85.4 Å². The summed E-state index contributed by atoms with van der Waals surface area (Å²) in [5, 5.41) is 13.2. The Morgan fingerprint density at radius 1 is 1.06 bits per heavy atom. The number of carbonyl (C=O) groups is 1. The lowest BCUT2D eigenvalue weighted by atomic mass is 9.93. The number of aryl methyl sites for hydroxylation is 3. The van der Waals surface area contributed by atoms with Crippen LogP contribution in [0.2, 0.25) is 0 Å². The predicted molar refractivity (Wildman–Crippen MR) is 185 cm³/mol. The van der Waals surface area contributed by atoms with E-state index in [4.69, 9.17) is 19.1 Å². The Bertz CT molecular complexity index is 2340. The third kappa shape index (κ3) is 4.95. The summed E-state index contributed by atoms with van der Waals surface area (Å²) in [6.45, 7) is 2.41. The summed E-state index contributed by atoms with van der Waals surface area (Å²) in [7, 11) is 1.50. The van der Waals surface area contributed by atoms with Crippen LogP contribution in [0.25, 0.3) is 32.0 Å². The van der Waals surface area contributed by atoms with Crippen LogP contribution < -0.4 is 10.1 Å². The van der Waals surface area contributed by atoms with Gasteiger partial charge in [0, 0.05) is 35.7 Å². The Hall–Kier alpha value is -5.23. The molecular weight excluding hydrogens is 659 g/mol. The predicted octanol–water partition coefficient (Wildman–Crippen LogP) is 8.18. The third-order valence-corrected chi connectivity index (χ3v) is 11.3. The van der Waals surface area contributed by atoms with Crippen LogP contribution in [0.4, 0.5) is 14.6 Å². The number of amides is 1. The molecule has 12 heteroatoms. The van der Waals surface area contributed by atoms with E-state index in [1.807, 2.05) is 23.1 Å². The first-order valence-corrected chi connectivity index (χ1v) is 17.6. The van der Waals surface area contributed by atoms with Crippen LogP contribution in [0, 0.1) is 18.6 Å². The fourth-order valence-corrected chi connectivity index (χ4v) is 9.09. The minimum atomic E-state index is -0.363. The van der Waals surface area contributed by atoms with Crippen molar-refractivity contribution in [2.24, 2.45) is 0 Å². The van der Waals surface area contributed by atoms with E-state index in [9.17, 15) is 13.6 Å². The number of rotatable bonds is 8. The maximum Gasteiger partial charge on any atom is 0.257 e. The Labute approximate surface area is 290 Å². The molecule has 1 saturated heterocycles. The molecule has 0 radical (unpaired) electrons. The highest BCUT2D eigenvalue weighted by Gasteiger charge is 2.45. The van der Waals surface area contributed by atoms with E-state index in [2.05, 4.69) is 21.6 Å². The van der Waals surface area contributed by atoms with E-state index in [1.54, 1.807) is 30.5 Å². The molecule has 50 heavy (non-hydrogen) atoms. The second-order valence-corrected chi connectivity index (χ2v) is 14.1. The SMILES string of the molecule is COc1c(F)ccc2c1CC[C@@H]2Nc1nccc2cc(-c3c4c(nc(CCc5cccc(F)c5)c3-c3nnc(C)o3)[C@@H]3CCCN3C4=O)sc12. The van der Waals surface area contributed by atoms with Gasteiger partial charge in [0.25, 0.3) is 5.91 Å². The third-order valence-electron chi connectivity index (χ3n) is 10.1. The highest BCUT2D eigenvalue weighted by Crippen LogP contribution is 2.51. The average molecular weight is 691 g/mol. The average Bonchev–Trinajstić information content (AvgIpc) is 3.95. The van der Waals surface area contributed by atoms with E-state index in [1.165, 1.54) is 25.3 Å². The second kappa shape index (κ2) is 12.0. The molecule has 1 amide bonds. The smallest absolute Gasteiger partial charge is 0.257 e. The fraction of sp³-hybridized carbons (Fsp3) is 0.289. The van der Waals surface area contributed by atoms with Gasteiger partial charge in [0.1, 0.15) is 11.6 Å². The van der Waals surface area contributed by atoms with Crippen LogP contribution in [0.15, 0.2) is 59.1 Å². The van der Waals surface area contributed by atoms with Crippen LogP contribution >= 0.6 is 11.3 Å². The molecule has 4 aromatic heterocycles. The Balaban J connectivity index is 1.20. The Kier molecular flexibility index (Phi) is 7.38. The lowest BCUT2D eigenvalue weighted by molar-refractivity contribution is 0.0776. The van der Waals surface area contributed by atoms with Crippen molar-refractivity contribution in [2.45, 2.75) is 57.5 Å². The van der Waals surface area contributed by atoms with Gasteiger partial charge in [-0.25, -0.2) is 13.8 Å². The Morgan fingerprint density at radius 2 is 1.96 bits per heavy atom. The van der Waals surface area contributed by atoms with Crippen LogP contribution in [-0.4, -0.2) is 44.6 Å². The number of ether oxygens (including phenoxy) is 1. The first kappa shape index (κ1) is 30.8. The molecule has 252 valence electrons. The molecule has 6 heterocycles. The maximum atomic E-state index is 14.5. The molecule has 6 aromatic rings. The van der Waals surface area contributed by atoms with Crippen molar-refractivity contribution in [1.29, 1.82) is 0 Å². The molecule has 2 aliphatic heterocycles. The molecule has 3 aliphatic rings. The molecule has 0 saturated carbocycles. The van der Waals surface area contributed by atoms with E-state index in [0.29, 0.717) is 60.3 Å². The van der Waals surface area contributed by atoms with E-state index in [0.717, 1.165) is 67.9 Å². The maximum absolute atomic E-state index is 14.5. The van der Waals surface area contributed by atoms with Crippen molar-refractivity contribution >= 4 is 33.1 Å². The van der Waals surface area contributed by atoms with Gasteiger partial charge in [0.05, 0.1) is 46.4 Å². The molecule has 2 aromatic carbocycles. The molecule has 0 spiro atoms. The number of aromatic nitrogens is 4. The van der Waals surface area contributed by atoms with Crippen LogP contribution in [-0.2, 0) is 19.3 Å². The van der Waals surface area contributed by atoms with E-state index < -0.39 is 0 Å². The van der Waals surface area contributed by atoms with Gasteiger partial charge >= 0.3 is 0 Å². The molecule has 1 fully saturated rings. The van der Waals surface area contributed by atoms with Crippen molar-refractivity contribution < 1.29 is 22.7 Å². The Morgan fingerprint density at radius 3 is 2.78 bits per heavy atom. The molecule has 9 rings (SSSR count). The summed E-state index contributed by atoms with van der Waals surface area (Å²) in [4.78, 5) is 26.9. The number of fused-ring (bicyclic) bond motifs is 5. The number of carbonyl (C=O) groups excluding carboxylic acids is 1. The summed E-state index contributed by atoms with van der Waals surface area (Å²) in [6.07, 6.45) is 6.00. The standard InChI is InChI=1S/C38H32F2N6O3S/c1-19-44-45-37(49-19)30-27(12-8-20-5-3-6-22(39)17-20)42-33-28-7-4-16-46(28)38(47)32(33)31(30)29-18-21-14-15-41-36(35(21)50-29)43-26-13-10-24-23(26)9-11-25(40)34(24)48-2/h3,5-6,9,11,14-15,17-18,26,28H,4,7-8,10,12-13,16H2,1-2H3,(H,41,43)/t26-,28-/m0/s1. The highest BCUT2D eigenvalue weighted by atomic mass is 32.1. The normalized spacial score (nSPS) is 17.8. The van der Waals surface area contributed by atoms with Crippen molar-refractivity contribution in [3.63, 3.8) is 0 Å². The van der Waals surface area contributed by atoms with Crippen molar-refractivity contribution in [3.05, 3.63) is 106 Å². The first-order chi connectivity index (χ1) is 24.4. The number of nitrogens with one attached hydrogen (secondary N) is 1. The largest absolute Gasteiger partial charge is 0.493 e. The zero-order valence-electron chi connectivity index (χ0n) is 27.4. The van der Waals surface area contributed by atoms with Gasteiger partial charge < -0.3 is 19.4 Å². The summed E-state index contributed by atoms with van der Waals surface area (Å²) in [5.41, 5.74) is 6.14. The number of methoxy groups -OCH3 is 1. The zero-order chi connectivity index (χ0) is 34.1. The molecule has 9 nitrogen and oxygen atoms in total. The van der Waals surface area contributed by atoms with Crippen LogP contribution in [0.5, 0.6) is 5.75 Å². The number of anilines is 1. The number of pyridine rings is 2. The zero-order valence-corrected chi connectivity index (χ0v) is 28.2. The summed E-state index contributed by atoms with van der Waals surface area (Å²) in [5.74, 6) is 0.994. The molecule has 1 aliphatic carbocycles. The first-order valence-electron chi connectivity index (χ1n) is 16.8. The number of halogens is 2. The molecule has 1 N–H and O–H groups in total. The monoisotopic (exact) mass is 690 g/mol. The number of hydrogen-bond acceptors (Lipinski definition) is 9. The van der Waals surface area contributed by atoms with Gasteiger partial charge in [-0.15, -0.1) is 21.5 Å². The summed E-state index contributed by atoms with van der Waals surface area (Å²) < 4.78 is 41.0. The van der Waals surface area contributed by atoms with Gasteiger partial charge in [0.2, 0.25) is 11.8 Å². The second-order valence-electron chi connectivity index (χ2n) is 13.1. The van der Waals surface area contributed by atoms with Crippen molar-refractivity contribution in [1.82, 2.24) is 25.1 Å². The molecule has 0 bridgehead atoms. The van der Waals surface area contributed by atoms with Gasteiger partial charge in [-0.2, -0.15) is 0 Å². The van der Waals surface area contributed by atoms with Crippen molar-refractivity contribution in [2.75, 3.05) is 19.0 Å². The lowest BCUT2D eigenvalue weighted by Gasteiger charge is -2.16. The van der Waals surface area contributed by atoms with Crippen molar-refractivity contribution in [3.8, 4) is 27.6 Å². The van der Waals surface area contributed by atoms with E-state index in [-0.39, 0.29) is 29.6 Å². The number of nitrogens with zero attached hydrogens (tertiary/aromatic N) is 5. The lowest BCUT2D eigenvalue weighted by Crippen LogP contribution is -2.22.